The number of thiophene rings is 1. The summed E-state index contributed by atoms with van der Waals surface area (Å²) in [5, 5.41) is 5.18. The van der Waals surface area contributed by atoms with Crippen LogP contribution in [0.5, 0.6) is 0 Å². The molecule has 9 rings (SSSR count). The normalized spacial score (nSPS) is 11.6. The van der Waals surface area contributed by atoms with E-state index in [0.29, 0.717) is 0 Å². The second kappa shape index (κ2) is 10.1. The Morgan fingerprint density at radius 1 is 0.364 bits per heavy atom. The van der Waals surface area contributed by atoms with E-state index >= 15 is 0 Å². The van der Waals surface area contributed by atoms with Gasteiger partial charge >= 0.3 is 0 Å². The third-order valence-electron chi connectivity index (χ3n) is 8.81. The van der Waals surface area contributed by atoms with Gasteiger partial charge in [-0.2, -0.15) is 0 Å². The highest BCUT2D eigenvalue weighted by molar-refractivity contribution is 7.26. The van der Waals surface area contributed by atoms with Crippen LogP contribution in [-0.2, 0) is 0 Å². The van der Waals surface area contributed by atoms with Gasteiger partial charge in [-0.3, -0.25) is 0 Å². The molecule has 0 fully saturated rings. The summed E-state index contributed by atoms with van der Waals surface area (Å²) in [5.74, 6) is 0. The maximum absolute atomic E-state index is 2.48. The van der Waals surface area contributed by atoms with Gasteiger partial charge < -0.3 is 4.57 Å². The van der Waals surface area contributed by atoms with Crippen molar-refractivity contribution in [1.82, 2.24) is 4.57 Å². The Kier molecular flexibility index (Phi) is 5.75. The molecule has 2 heterocycles. The van der Waals surface area contributed by atoms with E-state index in [1.54, 1.807) is 0 Å². The molecule has 0 spiro atoms. The van der Waals surface area contributed by atoms with Gasteiger partial charge in [0.15, 0.2) is 0 Å². The van der Waals surface area contributed by atoms with Crippen LogP contribution in [0, 0.1) is 0 Å². The Balaban J connectivity index is 1.32. The van der Waals surface area contributed by atoms with Crippen molar-refractivity contribution in [2.75, 3.05) is 0 Å². The molecule has 2 aromatic heterocycles. The molecule has 0 saturated heterocycles. The molecule has 1 nitrogen and oxygen atoms in total. The number of hydrogen-bond acceptors (Lipinski definition) is 1. The molecule has 0 aliphatic heterocycles. The summed E-state index contributed by atoms with van der Waals surface area (Å²) >= 11 is 1.90. The zero-order valence-electron chi connectivity index (χ0n) is 23.9. The van der Waals surface area contributed by atoms with Crippen molar-refractivity contribution in [3.8, 4) is 39.1 Å². The maximum atomic E-state index is 2.48. The SMILES string of the molecule is c1ccc(-c2ccc(-n3c4ccc(-c5ccccc5)cc4c4ccc5c6cc(-c7ccccc7)ccc6sc5c43)cc2)cc1. The van der Waals surface area contributed by atoms with Gasteiger partial charge in [-0.05, 0) is 69.8 Å². The summed E-state index contributed by atoms with van der Waals surface area (Å²) in [6, 6.07) is 59.5. The van der Waals surface area contributed by atoms with Crippen LogP contribution in [-0.4, -0.2) is 4.57 Å². The molecular weight excluding hydrogens is 551 g/mol. The fourth-order valence-electron chi connectivity index (χ4n) is 6.65. The first-order chi connectivity index (χ1) is 21.8. The zero-order valence-corrected chi connectivity index (χ0v) is 24.8. The van der Waals surface area contributed by atoms with Crippen molar-refractivity contribution in [2.24, 2.45) is 0 Å². The van der Waals surface area contributed by atoms with Crippen LogP contribution in [0.2, 0.25) is 0 Å². The fraction of sp³-hybridized carbons (Fsp3) is 0. The lowest BCUT2D eigenvalue weighted by Crippen LogP contribution is -1.94. The second-order valence-electron chi connectivity index (χ2n) is 11.4. The molecule has 0 unspecified atom stereocenters. The molecule has 0 radical (unpaired) electrons. The first-order valence-corrected chi connectivity index (χ1v) is 15.8. The van der Waals surface area contributed by atoms with Crippen LogP contribution in [0.3, 0.4) is 0 Å². The first-order valence-electron chi connectivity index (χ1n) is 15.0. The fourth-order valence-corrected chi connectivity index (χ4v) is 7.88. The molecular formula is C42H27NS. The van der Waals surface area contributed by atoms with Gasteiger partial charge in [0, 0.05) is 31.9 Å². The minimum atomic E-state index is 1.17. The van der Waals surface area contributed by atoms with Gasteiger partial charge in [0.05, 0.1) is 15.7 Å². The summed E-state index contributed by atoms with van der Waals surface area (Å²) in [6.07, 6.45) is 0. The van der Waals surface area contributed by atoms with Gasteiger partial charge in [0.1, 0.15) is 0 Å². The molecule has 44 heavy (non-hydrogen) atoms. The van der Waals surface area contributed by atoms with Crippen LogP contribution in [0.15, 0.2) is 164 Å². The van der Waals surface area contributed by atoms with Crippen LogP contribution in [0.4, 0.5) is 0 Å². The third-order valence-corrected chi connectivity index (χ3v) is 10.0. The molecule has 0 N–H and O–H groups in total. The molecule has 206 valence electrons. The summed E-state index contributed by atoms with van der Waals surface area (Å²) in [7, 11) is 0. The molecule has 0 atom stereocenters. The predicted octanol–water partition coefficient (Wildman–Crippen LogP) is 12.2. The lowest BCUT2D eigenvalue weighted by molar-refractivity contribution is 1.19. The van der Waals surface area contributed by atoms with Gasteiger partial charge in [0.25, 0.3) is 0 Å². The summed E-state index contributed by atoms with van der Waals surface area (Å²) < 4.78 is 5.12. The van der Waals surface area contributed by atoms with E-state index in [-0.39, 0.29) is 0 Å². The highest BCUT2D eigenvalue weighted by atomic mass is 32.1. The predicted molar refractivity (Wildman–Crippen MR) is 190 cm³/mol. The van der Waals surface area contributed by atoms with Gasteiger partial charge in [-0.25, -0.2) is 0 Å². The van der Waals surface area contributed by atoms with Crippen molar-refractivity contribution >= 4 is 53.3 Å². The zero-order chi connectivity index (χ0) is 29.0. The van der Waals surface area contributed by atoms with Crippen LogP contribution < -0.4 is 0 Å². The Morgan fingerprint density at radius 3 is 1.50 bits per heavy atom. The van der Waals surface area contributed by atoms with E-state index in [0.717, 1.165) is 0 Å². The topological polar surface area (TPSA) is 4.93 Å². The first kappa shape index (κ1) is 25.1. The number of rotatable bonds is 4. The smallest absolute Gasteiger partial charge is 0.0719 e. The monoisotopic (exact) mass is 577 g/mol. The minimum Gasteiger partial charge on any atom is -0.308 e. The van der Waals surface area contributed by atoms with E-state index in [1.165, 1.54) is 81.0 Å². The lowest BCUT2D eigenvalue weighted by Gasteiger charge is -2.10. The highest BCUT2D eigenvalue weighted by Crippen LogP contribution is 2.44. The number of hydrogen-bond donors (Lipinski definition) is 0. The second-order valence-corrected chi connectivity index (χ2v) is 12.4. The Hall–Kier alpha value is -5.44. The molecule has 7 aromatic carbocycles. The molecule has 2 heteroatoms. The lowest BCUT2D eigenvalue weighted by atomic mass is 10.0. The molecule has 0 saturated carbocycles. The van der Waals surface area contributed by atoms with Crippen LogP contribution in [0.25, 0.3) is 81.0 Å². The molecule has 0 bridgehead atoms. The number of nitrogens with zero attached hydrogens (tertiary/aromatic N) is 1. The average Bonchev–Trinajstić information content (AvgIpc) is 3.64. The van der Waals surface area contributed by atoms with Crippen molar-refractivity contribution in [3.05, 3.63) is 164 Å². The van der Waals surface area contributed by atoms with Gasteiger partial charge in [0.2, 0.25) is 0 Å². The quantitative estimate of drug-likeness (QED) is 0.196. The third kappa shape index (κ3) is 4.00. The van der Waals surface area contributed by atoms with Crippen molar-refractivity contribution in [3.63, 3.8) is 0 Å². The summed E-state index contributed by atoms with van der Waals surface area (Å²) in [4.78, 5) is 0. The number of fused-ring (bicyclic) bond motifs is 7. The van der Waals surface area contributed by atoms with Crippen LogP contribution in [0.1, 0.15) is 0 Å². The van der Waals surface area contributed by atoms with Crippen LogP contribution >= 0.6 is 11.3 Å². The van der Waals surface area contributed by atoms with Gasteiger partial charge in [-0.1, -0.05) is 127 Å². The Bertz CT molecular complexity index is 2450. The van der Waals surface area contributed by atoms with Crippen molar-refractivity contribution in [1.29, 1.82) is 0 Å². The minimum absolute atomic E-state index is 1.17. The highest BCUT2D eigenvalue weighted by Gasteiger charge is 2.19. The Labute approximate surface area is 259 Å². The molecule has 9 aromatic rings. The van der Waals surface area contributed by atoms with E-state index in [1.807, 2.05) is 11.3 Å². The Morgan fingerprint density at radius 2 is 0.864 bits per heavy atom. The van der Waals surface area contributed by atoms with Gasteiger partial charge in [-0.15, -0.1) is 11.3 Å². The average molecular weight is 578 g/mol. The molecule has 0 aliphatic carbocycles. The maximum Gasteiger partial charge on any atom is 0.0719 e. The number of aromatic nitrogens is 1. The molecule has 0 amide bonds. The van der Waals surface area contributed by atoms with Crippen molar-refractivity contribution in [2.45, 2.75) is 0 Å². The van der Waals surface area contributed by atoms with E-state index < -0.39 is 0 Å². The largest absolute Gasteiger partial charge is 0.308 e. The van der Waals surface area contributed by atoms with Crippen molar-refractivity contribution < 1.29 is 0 Å². The van der Waals surface area contributed by atoms with E-state index in [4.69, 9.17) is 0 Å². The standard InChI is InChI=1S/C42H27NS/c1-4-10-28(11-5-1)31-16-20-34(21-17-31)43-39-24-18-32(29-12-6-2-7-13-29)26-37(39)35-22-23-36-38-27-33(30-14-8-3-9-15-30)19-25-40(38)44-42(36)41(35)43/h1-27H. The molecule has 0 aliphatic rings. The van der Waals surface area contributed by atoms with E-state index in [2.05, 4.69) is 168 Å². The summed E-state index contributed by atoms with van der Waals surface area (Å²) in [5.41, 5.74) is 11.1. The summed E-state index contributed by atoms with van der Waals surface area (Å²) in [6.45, 7) is 0. The number of benzene rings is 7. The van der Waals surface area contributed by atoms with E-state index in [9.17, 15) is 0 Å².